The van der Waals surface area contributed by atoms with Crippen LogP contribution in [0.4, 0.5) is 11.4 Å². The van der Waals surface area contributed by atoms with Crippen LogP contribution in [0.25, 0.3) is 0 Å². The molecule has 1 fully saturated rings. The average Bonchev–Trinajstić information content (AvgIpc) is 2.94. The van der Waals surface area contributed by atoms with E-state index in [0.29, 0.717) is 24.1 Å². The third-order valence-electron chi connectivity index (χ3n) is 4.11. The molecule has 0 aromatic heterocycles. The first-order chi connectivity index (χ1) is 9.58. The molecule has 2 unspecified atom stereocenters. The fraction of sp³-hybridized carbons (Fsp3) is 0.500. The van der Waals surface area contributed by atoms with Gasteiger partial charge in [-0.15, -0.1) is 0 Å². The summed E-state index contributed by atoms with van der Waals surface area (Å²) >= 11 is 0. The van der Waals surface area contributed by atoms with Crippen LogP contribution in [0.5, 0.6) is 0 Å². The number of anilines is 1. The monoisotopic (exact) mass is 274 g/mol. The Balaban J connectivity index is 2.32. The lowest BCUT2D eigenvalue weighted by Gasteiger charge is -2.31. The predicted molar refractivity (Wildman–Crippen MR) is 76.4 cm³/mol. The van der Waals surface area contributed by atoms with E-state index in [0.717, 1.165) is 24.9 Å². The van der Waals surface area contributed by atoms with Gasteiger partial charge in [-0.25, -0.2) is 0 Å². The van der Waals surface area contributed by atoms with Gasteiger partial charge < -0.3 is 10.6 Å². The summed E-state index contributed by atoms with van der Waals surface area (Å²) in [5, 5.41) is 20.0. The maximum atomic E-state index is 10.8. The Morgan fingerprint density at radius 3 is 2.90 bits per heavy atom. The highest BCUT2D eigenvalue weighted by Crippen LogP contribution is 2.33. The lowest BCUT2D eigenvalue weighted by molar-refractivity contribution is -0.384. The molecule has 0 aliphatic heterocycles. The second-order valence-corrected chi connectivity index (χ2v) is 5.18. The molecule has 2 N–H and O–H groups in total. The lowest BCUT2D eigenvalue weighted by Crippen LogP contribution is -2.38. The summed E-state index contributed by atoms with van der Waals surface area (Å²) in [4.78, 5) is 12.3. The molecule has 6 nitrogen and oxygen atoms in total. The first kappa shape index (κ1) is 14.3. The maximum absolute atomic E-state index is 10.8. The molecule has 1 aliphatic carbocycles. The smallest absolute Gasteiger partial charge is 0.270 e. The van der Waals surface area contributed by atoms with Crippen LogP contribution in [-0.4, -0.2) is 24.6 Å². The van der Waals surface area contributed by atoms with Gasteiger partial charge in [-0.1, -0.05) is 6.42 Å². The van der Waals surface area contributed by atoms with Gasteiger partial charge >= 0.3 is 0 Å². The van der Waals surface area contributed by atoms with Gasteiger partial charge in [0.25, 0.3) is 5.69 Å². The number of non-ortho nitro benzene ring substituents is 1. The van der Waals surface area contributed by atoms with Crippen molar-refractivity contribution in [3.05, 3.63) is 33.9 Å². The number of nitro benzene ring substituents is 1. The van der Waals surface area contributed by atoms with Crippen molar-refractivity contribution in [1.29, 1.82) is 5.26 Å². The van der Waals surface area contributed by atoms with Crippen LogP contribution in [0.2, 0.25) is 0 Å². The first-order valence-corrected chi connectivity index (χ1v) is 6.70. The molecule has 106 valence electrons. The highest BCUT2D eigenvalue weighted by molar-refractivity contribution is 5.63. The van der Waals surface area contributed by atoms with E-state index in [1.54, 1.807) is 6.07 Å². The summed E-state index contributed by atoms with van der Waals surface area (Å²) < 4.78 is 0. The first-order valence-electron chi connectivity index (χ1n) is 6.70. The van der Waals surface area contributed by atoms with Crippen LogP contribution in [0.3, 0.4) is 0 Å². The Labute approximate surface area is 117 Å². The largest absolute Gasteiger partial charge is 0.370 e. The standard InChI is InChI=1S/C14H18N4O2/c1-17(13-4-2-3-10(13)8-15)14-6-5-12(18(19)20)7-11(14)9-16/h5-7,10,13H,2-4,8,15H2,1H3. The van der Waals surface area contributed by atoms with Gasteiger partial charge in [0.05, 0.1) is 16.2 Å². The SMILES string of the molecule is CN(c1ccc([N+](=O)[O-])cc1C#N)C1CCCC1CN. The zero-order valence-electron chi connectivity index (χ0n) is 11.5. The van der Waals surface area contributed by atoms with Crippen LogP contribution in [0.15, 0.2) is 18.2 Å². The molecule has 1 aliphatic rings. The summed E-state index contributed by atoms with van der Waals surface area (Å²) in [7, 11) is 1.93. The minimum Gasteiger partial charge on any atom is -0.370 e. The zero-order chi connectivity index (χ0) is 14.7. The molecular formula is C14H18N4O2. The molecule has 0 spiro atoms. The Morgan fingerprint density at radius 1 is 1.55 bits per heavy atom. The summed E-state index contributed by atoms with van der Waals surface area (Å²) in [6, 6.07) is 6.78. The number of benzene rings is 1. The maximum Gasteiger partial charge on any atom is 0.270 e. The fourth-order valence-corrected chi connectivity index (χ4v) is 3.02. The molecule has 2 rings (SSSR count). The van der Waals surface area contributed by atoms with Gasteiger partial charge in [-0.05, 0) is 31.4 Å². The second-order valence-electron chi connectivity index (χ2n) is 5.18. The molecule has 0 amide bonds. The van der Waals surface area contributed by atoms with Gasteiger partial charge in [0.15, 0.2) is 0 Å². The molecule has 1 aromatic carbocycles. The number of hydrogen-bond acceptors (Lipinski definition) is 5. The number of nitro groups is 1. The van der Waals surface area contributed by atoms with E-state index in [2.05, 4.69) is 6.07 Å². The Hall–Kier alpha value is -2.13. The van der Waals surface area contributed by atoms with E-state index in [9.17, 15) is 15.4 Å². The summed E-state index contributed by atoms with van der Waals surface area (Å²) in [6.45, 7) is 0.629. The van der Waals surface area contributed by atoms with Crippen LogP contribution >= 0.6 is 0 Å². The molecule has 1 saturated carbocycles. The van der Waals surface area contributed by atoms with Crippen molar-refractivity contribution in [3.8, 4) is 6.07 Å². The van der Waals surface area contributed by atoms with Crippen molar-refractivity contribution in [3.63, 3.8) is 0 Å². The molecule has 0 radical (unpaired) electrons. The molecular weight excluding hydrogens is 256 g/mol. The number of nitrogens with two attached hydrogens (primary N) is 1. The highest BCUT2D eigenvalue weighted by atomic mass is 16.6. The van der Waals surface area contributed by atoms with E-state index >= 15 is 0 Å². The average molecular weight is 274 g/mol. The van der Waals surface area contributed by atoms with Crippen LogP contribution < -0.4 is 10.6 Å². The summed E-state index contributed by atoms with van der Waals surface area (Å²) in [5.74, 6) is 0.418. The van der Waals surface area contributed by atoms with Gasteiger partial charge in [-0.3, -0.25) is 10.1 Å². The number of hydrogen-bond donors (Lipinski definition) is 1. The minimum absolute atomic E-state index is 0.0551. The fourth-order valence-electron chi connectivity index (χ4n) is 3.02. The molecule has 0 saturated heterocycles. The van der Waals surface area contributed by atoms with Gasteiger partial charge in [0, 0.05) is 25.2 Å². The van der Waals surface area contributed by atoms with Crippen molar-refractivity contribution in [2.24, 2.45) is 11.7 Å². The van der Waals surface area contributed by atoms with E-state index < -0.39 is 4.92 Å². The van der Waals surface area contributed by atoms with Gasteiger partial charge in [0.1, 0.15) is 6.07 Å². The Kier molecular flexibility index (Phi) is 4.20. The Morgan fingerprint density at radius 2 is 2.30 bits per heavy atom. The van der Waals surface area contributed by atoms with Crippen LogP contribution in [-0.2, 0) is 0 Å². The van der Waals surface area contributed by atoms with Crippen molar-refractivity contribution in [1.82, 2.24) is 0 Å². The van der Waals surface area contributed by atoms with Crippen LogP contribution in [0.1, 0.15) is 24.8 Å². The summed E-state index contributed by atoms with van der Waals surface area (Å²) in [6.07, 6.45) is 3.27. The predicted octanol–water partition coefficient (Wildman–Crippen LogP) is 2.03. The molecule has 20 heavy (non-hydrogen) atoms. The normalized spacial score (nSPS) is 21.4. The van der Waals surface area contributed by atoms with Crippen molar-refractivity contribution in [2.45, 2.75) is 25.3 Å². The van der Waals surface area contributed by atoms with Gasteiger partial charge in [-0.2, -0.15) is 5.26 Å². The van der Waals surface area contributed by atoms with E-state index in [-0.39, 0.29) is 5.69 Å². The van der Waals surface area contributed by atoms with Crippen molar-refractivity contribution < 1.29 is 4.92 Å². The summed E-state index contributed by atoms with van der Waals surface area (Å²) in [5.41, 5.74) is 6.82. The Bertz CT molecular complexity index is 553. The van der Waals surface area contributed by atoms with E-state index in [1.807, 2.05) is 11.9 Å². The molecule has 0 bridgehead atoms. The minimum atomic E-state index is -0.483. The van der Waals surface area contributed by atoms with Crippen LogP contribution in [0, 0.1) is 27.4 Å². The number of rotatable bonds is 4. The third-order valence-corrected chi connectivity index (χ3v) is 4.11. The second kappa shape index (κ2) is 5.88. The van der Waals surface area contributed by atoms with Gasteiger partial charge in [0.2, 0.25) is 0 Å². The topological polar surface area (TPSA) is 96.2 Å². The van der Waals surface area contributed by atoms with E-state index in [1.165, 1.54) is 12.1 Å². The zero-order valence-corrected chi connectivity index (χ0v) is 11.5. The van der Waals surface area contributed by atoms with Crippen molar-refractivity contribution >= 4 is 11.4 Å². The van der Waals surface area contributed by atoms with E-state index in [4.69, 9.17) is 5.73 Å². The molecule has 6 heteroatoms. The molecule has 1 aromatic rings. The molecule has 2 atom stereocenters. The third kappa shape index (κ3) is 2.58. The lowest BCUT2D eigenvalue weighted by atomic mass is 10.0. The quantitative estimate of drug-likeness (QED) is 0.669. The number of nitrogens with zero attached hydrogens (tertiary/aromatic N) is 3. The van der Waals surface area contributed by atoms with Crippen molar-refractivity contribution in [2.75, 3.05) is 18.5 Å². The highest BCUT2D eigenvalue weighted by Gasteiger charge is 2.30. The number of nitriles is 1. The molecule has 0 heterocycles.